The zero-order valence-corrected chi connectivity index (χ0v) is 21.0. The highest BCUT2D eigenvalue weighted by molar-refractivity contribution is 7.89. The molecule has 4 rings (SSSR count). The average Bonchev–Trinajstić information content (AvgIpc) is 2.86. The van der Waals surface area contributed by atoms with Gasteiger partial charge < -0.3 is 4.90 Å². The molecule has 1 saturated carbocycles. The minimum atomic E-state index is -3.51. The smallest absolute Gasteiger partial charge is 0.243 e. The fraction of sp³-hybridized carbons (Fsp3) is 0.519. The van der Waals surface area contributed by atoms with Crippen LogP contribution in [-0.4, -0.2) is 62.3 Å². The van der Waals surface area contributed by atoms with E-state index in [2.05, 4.69) is 11.8 Å². The van der Waals surface area contributed by atoms with Crippen LogP contribution in [0.25, 0.3) is 0 Å². The molecular weight excluding hydrogens is 446 g/mol. The maximum atomic E-state index is 13.4. The van der Waals surface area contributed by atoms with E-state index in [0.29, 0.717) is 37.6 Å². The molecule has 0 N–H and O–H groups in total. The number of anilines is 1. The molecule has 34 heavy (non-hydrogen) atoms. The van der Waals surface area contributed by atoms with Gasteiger partial charge in [-0.1, -0.05) is 62.9 Å². The van der Waals surface area contributed by atoms with E-state index in [4.69, 9.17) is 0 Å². The van der Waals surface area contributed by atoms with Crippen molar-refractivity contribution in [3.63, 3.8) is 0 Å². The van der Waals surface area contributed by atoms with Crippen molar-refractivity contribution in [1.29, 1.82) is 0 Å². The SMILES string of the molecule is CCCc1ccc(S(=O)(=O)N2CCN(CC(=O)N(c3ccccc3)C3CCCCC3)CC2)cc1. The lowest BCUT2D eigenvalue weighted by Crippen LogP contribution is -2.53. The Balaban J connectivity index is 1.38. The standard InChI is InChI=1S/C27H37N3O3S/c1-2-9-23-14-16-26(17-15-23)34(32,33)29-20-18-28(19-21-29)22-27(31)30(24-10-5-3-6-11-24)25-12-7-4-8-13-25/h3,5-6,10-11,14-17,25H,2,4,7-9,12-13,18-22H2,1H3. The van der Waals surface area contributed by atoms with Crippen LogP contribution in [-0.2, 0) is 21.2 Å². The van der Waals surface area contributed by atoms with Gasteiger partial charge in [0.15, 0.2) is 0 Å². The van der Waals surface area contributed by atoms with Gasteiger partial charge in [-0.25, -0.2) is 8.42 Å². The molecule has 1 saturated heterocycles. The first kappa shape index (κ1) is 24.9. The fourth-order valence-electron chi connectivity index (χ4n) is 5.15. The van der Waals surface area contributed by atoms with Crippen LogP contribution in [0.5, 0.6) is 0 Å². The molecule has 184 valence electrons. The van der Waals surface area contributed by atoms with E-state index >= 15 is 0 Å². The monoisotopic (exact) mass is 483 g/mol. The van der Waals surface area contributed by atoms with Crippen LogP contribution in [0.4, 0.5) is 5.69 Å². The van der Waals surface area contributed by atoms with Crippen molar-refractivity contribution in [3.8, 4) is 0 Å². The van der Waals surface area contributed by atoms with Gasteiger partial charge >= 0.3 is 0 Å². The van der Waals surface area contributed by atoms with E-state index in [1.807, 2.05) is 47.4 Å². The number of piperazine rings is 1. The summed E-state index contributed by atoms with van der Waals surface area (Å²) in [5, 5.41) is 0. The number of hydrogen-bond donors (Lipinski definition) is 0. The number of amides is 1. The van der Waals surface area contributed by atoms with Crippen molar-refractivity contribution in [2.45, 2.75) is 62.8 Å². The molecule has 2 aromatic carbocycles. The van der Waals surface area contributed by atoms with Crippen LogP contribution < -0.4 is 4.90 Å². The second kappa shape index (κ2) is 11.5. The van der Waals surface area contributed by atoms with E-state index in [0.717, 1.165) is 49.8 Å². The topological polar surface area (TPSA) is 60.9 Å². The van der Waals surface area contributed by atoms with Crippen molar-refractivity contribution in [3.05, 3.63) is 60.2 Å². The molecule has 2 aromatic rings. The largest absolute Gasteiger partial charge is 0.308 e. The minimum Gasteiger partial charge on any atom is -0.308 e. The van der Waals surface area contributed by atoms with Gasteiger partial charge in [0, 0.05) is 37.9 Å². The van der Waals surface area contributed by atoms with Crippen molar-refractivity contribution < 1.29 is 13.2 Å². The molecule has 0 radical (unpaired) electrons. The minimum absolute atomic E-state index is 0.112. The number of carbonyl (C=O) groups excluding carboxylic acids is 1. The summed E-state index contributed by atoms with van der Waals surface area (Å²) in [6.07, 6.45) is 7.65. The van der Waals surface area contributed by atoms with Crippen LogP contribution >= 0.6 is 0 Å². The van der Waals surface area contributed by atoms with Gasteiger partial charge in [-0.2, -0.15) is 4.31 Å². The predicted octanol–water partition coefficient (Wildman–Crippen LogP) is 4.31. The quantitative estimate of drug-likeness (QED) is 0.561. The molecule has 0 bridgehead atoms. The van der Waals surface area contributed by atoms with Crippen LogP contribution in [0.1, 0.15) is 51.0 Å². The van der Waals surface area contributed by atoms with Gasteiger partial charge in [0.05, 0.1) is 11.4 Å². The summed E-state index contributed by atoms with van der Waals surface area (Å²) in [5.74, 6) is 0.112. The molecule has 0 unspecified atom stereocenters. The van der Waals surface area contributed by atoms with Crippen LogP contribution in [0.2, 0.25) is 0 Å². The molecule has 1 heterocycles. The lowest BCUT2D eigenvalue weighted by molar-refractivity contribution is -0.120. The Morgan fingerprint density at radius 3 is 2.18 bits per heavy atom. The molecule has 2 fully saturated rings. The molecular formula is C27H37N3O3S. The van der Waals surface area contributed by atoms with Gasteiger partial charge in [0.1, 0.15) is 0 Å². The number of nitrogens with zero attached hydrogens (tertiary/aromatic N) is 3. The van der Waals surface area contributed by atoms with E-state index in [-0.39, 0.29) is 11.9 Å². The van der Waals surface area contributed by atoms with E-state index in [1.165, 1.54) is 6.42 Å². The third-order valence-electron chi connectivity index (χ3n) is 7.03. The first-order chi connectivity index (χ1) is 16.5. The summed E-state index contributed by atoms with van der Waals surface area (Å²) >= 11 is 0. The second-order valence-corrected chi connectivity index (χ2v) is 11.4. The highest BCUT2D eigenvalue weighted by atomic mass is 32.2. The van der Waals surface area contributed by atoms with Gasteiger partial charge in [-0.05, 0) is 49.1 Å². The number of benzene rings is 2. The van der Waals surface area contributed by atoms with Gasteiger partial charge in [0.25, 0.3) is 0 Å². The molecule has 2 aliphatic rings. The predicted molar refractivity (Wildman–Crippen MR) is 136 cm³/mol. The molecule has 7 heteroatoms. The number of carbonyl (C=O) groups is 1. The maximum absolute atomic E-state index is 13.4. The Kier molecular flexibility index (Phi) is 8.40. The number of aryl methyl sites for hydroxylation is 1. The van der Waals surface area contributed by atoms with E-state index < -0.39 is 10.0 Å². The number of sulfonamides is 1. The zero-order valence-electron chi connectivity index (χ0n) is 20.2. The van der Waals surface area contributed by atoms with E-state index in [9.17, 15) is 13.2 Å². The molecule has 0 atom stereocenters. The molecule has 1 aliphatic carbocycles. The highest BCUT2D eigenvalue weighted by Crippen LogP contribution is 2.28. The molecule has 0 aromatic heterocycles. The lowest BCUT2D eigenvalue weighted by atomic mass is 9.93. The van der Waals surface area contributed by atoms with Crippen LogP contribution in [0, 0.1) is 0 Å². The Bertz CT molecular complexity index is 1030. The maximum Gasteiger partial charge on any atom is 0.243 e. The van der Waals surface area contributed by atoms with Gasteiger partial charge in [0.2, 0.25) is 15.9 Å². The fourth-order valence-corrected chi connectivity index (χ4v) is 6.57. The molecule has 1 aliphatic heterocycles. The Hall–Kier alpha value is -2.22. The summed E-state index contributed by atoms with van der Waals surface area (Å²) in [6, 6.07) is 17.5. The van der Waals surface area contributed by atoms with Crippen molar-refractivity contribution in [2.24, 2.45) is 0 Å². The molecule has 6 nitrogen and oxygen atoms in total. The number of rotatable bonds is 8. The zero-order chi connectivity index (χ0) is 24.0. The highest BCUT2D eigenvalue weighted by Gasteiger charge is 2.32. The molecule has 1 amide bonds. The summed E-state index contributed by atoms with van der Waals surface area (Å²) in [7, 11) is -3.51. The first-order valence-electron chi connectivity index (χ1n) is 12.7. The first-order valence-corrected chi connectivity index (χ1v) is 14.1. The molecule has 0 spiro atoms. The Labute approximate surface area is 204 Å². The Morgan fingerprint density at radius 1 is 0.912 bits per heavy atom. The number of para-hydroxylation sites is 1. The summed E-state index contributed by atoms with van der Waals surface area (Å²) in [4.78, 5) is 17.9. The average molecular weight is 484 g/mol. The van der Waals surface area contributed by atoms with Crippen molar-refractivity contribution >= 4 is 21.6 Å². The van der Waals surface area contributed by atoms with Crippen molar-refractivity contribution in [2.75, 3.05) is 37.6 Å². The van der Waals surface area contributed by atoms with Gasteiger partial charge in [-0.15, -0.1) is 0 Å². The van der Waals surface area contributed by atoms with Gasteiger partial charge in [-0.3, -0.25) is 9.69 Å². The number of hydrogen-bond acceptors (Lipinski definition) is 4. The normalized spacial score (nSPS) is 18.6. The third kappa shape index (κ3) is 5.88. The summed E-state index contributed by atoms with van der Waals surface area (Å²) in [5.41, 5.74) is 2.12. The second-order valence-electron chi connectivity index (χ2n) is 9.47. The third-order valence-corrected chi connectivity index (χ3v) is 8.95. The Morgan fingerprint density at radius 2 is 1.56 bits per heavy atom. The van der Waals surface area contributed by atoms with Crippen LogP contribution in [0.15, 0.2) is 59.5 Å². The van der Waals surface area contributed by atoms with E-state index in [1.54, 1.807) is 16.4 Å². The van der Waals surface area contributed by atoms with Crippen LogP contribution in [0.3, 0.4) is 0 Å². The lowest BCUT2D eigenvalue weighted by Gasteiger charge is -2.38. The van der Waals surface area contributed by atoms with Crippen molar-refractivity contribution in [1.82, 2.24) is 9.21 Å². The summed E-state index contributed by atoms with van der Waals surface area (Å²) in [6.45, 7) is 4.37. The summed E-state index contributed by atoms with van der Waals surface area (Å²) < 4.78 is 27.8.